The molecule has 1 aromatic carbocycles. The summed E-state index contributed by atoms with van der Waals surface area (Å²) in [5.74, 6) is 1.12. The molecule has 3 saturated carbocycles. The SMILES string of the molecule is C[C@@H]1CC[C@@]2(OC1)OC1CC3C4CC=C5C[C@@H](O[C@@H]6O[C@H](CO)[C@@H](OC7O[C@@H](COC(=O)c8ccc(F)cc8)[C@H](O)[C@H]7O)[C@H](O)[C@H]6OC6O[C@@H](C)[C@H](O)[C@@H](O)[C@H]6O)CC[C@]5(C)C4CC[C@]3(C)C1[C@@H]2C. The van der Waals surface area contributed by atoms with E-state index in [2.05, 4.69) is 33.8 Å². The number of esters is 1. The van der Waals surface area contributed by atoms with E-state index in [-0.39, 0.29) is 22.5 Å². The second kappa shape index (κ2) is 19.2. The highest BCUT2D eigenvalue weighted by molar-refractivity contribution is 5.89. The summed E-state index contributed by atoms with van der Waals surface area (Å²) in [6, 6.07) is 4.65. The molecule has 5 aliphatic heterocycles. The standard InChI is InChI=1S/C51H73FO17/c1-23-12-17-51(62-21-23)24(2)36-33(69-51)19-32-30-11-8-27-18-29(13-15-49(27,4)31(30)14-16-50(32,36)5)64-48-44(68-46-41(58)39(56)37(54)25(3)63-46)42(59)43(34(20-53)65-48)67-47-40(57)38(55)35(66-47)22-61-45(60)26-6-9-28(52)10-7-26/h6-10,23-25,29-44,46-48,53-59H,11-22H2,1-5H3/t23-,24+,25+,29+,30?,31?,32?,33?,34-,35+,36?,37+,38+,39-,40-,41-,42+,43-,44-,46?,47?,48-,49+,50+,51-/m1/s1. The molecular formula is C51H73FO17. The topological polar surface area (TPSA) is 242 Å². The summed E-state index contributed by atoms with van der Waals surface area (Å²) in [5.41, 5.74) is 1.50. The molecule has 0 aromatic heterocycles. The van der Waals surface area contributed by atoms with Crippen molar-refractivity contribution in [3.8, 4) is 0 Å². The van der Waals surface area contributed by atoms with Crippen LogP contribution in [0.1, 0.15) is 103 Å². The smallest absolute Gasteiger partial charge is 0.338 e. The summed E-state index contributed by atoms with van der Waals surface area (Å²) in [4.78, 5) is 12.6. The highest BCUT2D eigenvalue weighted by Gasteiger charge is 2.69. The van der Waals surface area contributed by atoms with E-state index in [1.54, 1.807) is 0 Å². The molecule has 1 aromatic rings. The van der Waals surface area contributed by atoms with Gasteiger partial charge in [0.2, 0.25) is 0 Å². The number of carbonyl (C=O) groups is 1. The van der Waals surface area contributed by atoms with E-state index in [4.69, 9.17) is 42.6 Å². The van der Waals surface area contributed by atoms with Gasteiger partial charge in [0, 0.05) is 12.3 Å². The average molecular weight is 977 g/mol. The first kappa shape index (κ1) is 50.3. The van der Waals surface area contributed by atoms with Crippen molar-refractivity contribution in [2.24, 2.45) is 46.3 Å². The van der Waals surface area contributed by atoms with E-state index in [9.17, 15) is 44.9 Å². The minimum Gasteiger partial charge on any atom is -0.459 e. The quantitative estimate of drug-likeness (QED) is 0.132. The predicted octanol–water partition coefficient (Wildman–Crippen LogP) is 2.86. The molecule has 7 N–H and O–H groups in total. The van der Waals surface area contributed by atoms with Crippen LogP contribution in [-0.4, -0.2) is 166 Å². The second-order valence-corrected chi connectivity index (χ2v) is 22.5. The van der Waals surface area contributed by atoms with E-state index in [1.165, 1.54) is 24.6 Å². The number of fused-ring (bicyclic) bond motifs is 7. The van der Waals surface area contributed by atoms with Crippen molar-refractivity contribution in [1.29, 1.82) is 0 Å². The molecule has 7 unspecified atom stereocenters. The lowest BCUT2D eigenvalue weighted by Crippen LogP contribution is -2.65. The van der Waals surface area contributed by atoms with Gasteiger partial charge in [-0.2, -0.15) is 0 Å². The zero-order valence-corrected chi connectivity index (χ0v) is 40.2. The van der Waals surface area contributed by atoms with Crippen LogP contribution in [0.3, 0.4) is 0 Å². The van der Waals surface area contributed by atoms with Gasteiger partial charge < -0.3 is 78.4 Å². The summed E-state index contributed by atoms with van der Waals surface area (Å²) >= 11 is 0. The molecule has 9 aliphatic rings. The Morgan fingerprint density at radius 1 is 0.768 bits per heavy atom. The molecule has 386 valence electrons. The Bertz CT molecular complexity index is 2020. The molecule has 69 heavy (non-hydrogen) atoms. The van der Waals surface area contributed by atoms with Gasteiger partial charge in [-0.25, -0.2) is 9.18 Å². The monoisotopic (exact) mass is 976 g/mol. The maximum Gasteiger partial charge on any atom is 0.338 e. The number of ether oxygens (including phenoxy) is 9. The zero-order valence-electron chi connectivity index (χ0n) is 40.2. The second-order valence-electron chi connectivity index (χ2n) is 22.5. The summed E-state index contributed by atoms with van der Waals surface area (Å²) in [6.45, 7) is 10.6. The number of aliphatic hydroxyl groups excluding tert-OH is 7. The highest BCUT2D eigenvalue weighted by Crippen LogP contribution is 2.70. The van der Waals surface area contributed by atoms with E-state index in [0.29, 0.717) is 48.3 Å². The molecule has 1 spiro atoms. The van der Waals surface area contributed by atoms with Crippen molar-refractivity contribution < 1.29 is 87.6 Å². The van der Waals surface area contributed by atoms with Crippen LogP contribution in [0.5, 0.6) is 0 Å². The van der Waals surface area contributed by atoms with Crippen LogP contribution in [0.15, 0.2) is 35.9 Å². The average Bonchev–Trinajstić information content (AvgIpc) is 3.89. The van der Waals surface area contributed by atoms with Crippen LogP contribution < -0.4 is 0 Å². The summed E-state index contributed by atoms with van der Waals surface area (Å²) in [5, 5.41) is 76.9. The Hall–Kier alpha value is -2.24. The molecule has 0 bridgehead atoms. The van der Waals surface area contributed by atoms with Gasteiger partial charge in [-0.15, -0.1) is 0 Å². The molecular weight excluding hydrogens is 904 g/mol. The molecule has 5 heterocycles. The van der Waals surface area contributed by atoms with Crippen molar-refractivity contribution in [2.75, 3.05) is 19.8 Å². The largest absolute Gasteiger partial charge is 0.459 e. The maximum absolute atomic E-state index is 13.4. The molecule has 0 radical (unpaired) electrons. The van der Waals surface area contributed by atoms with E-state index < -0.39 is 123 Å². The highest BCUT2D eigenvalue weighted by atomic mass is 19.1. The van der Waals surface area contributed by atoms with Crippen molar-refractivity contribution in [3.63, 3.8) is 0 Å². The van der Waals surface area contributed by atoms with Gasteiger partial charge in [0.1, 0.15) is 73.5 Å². The van der Waals surface area contributed by atoms with E-state index >= 15 is 0 Å². The van der Waals surface area contributed by atoms with Gasteiger partial charge in [-0.3, -0.25) is 0 Å². The minimum absolute atomic E-state index is 0.0503. The van der Waals surface area contributed by atoms with Crippen molar-refractivity contribution in [3.05, 3.63) is 47.3 Å². The Labute approximate surface area is 402 Å². The fourth-order valence-corrected chi connectivity index (χ4v) is 14.6. The number of hydrogen-bond donors (Lipinski definition) is 7. The van der Waals surface area contributed by atoms with Gasteiger partial charge in [-0.1, -0.05) is 39.3 Å². The van der Waals surface area contributed by atoms with Crippen LogP contribution in [-0.2, 0) is 42.6 Å². The number of carbonyl (C=O) groups excluding carboxylic acids is 1. The first-order valence-corrected chi connectivity index (χ1v) is 25.4. The fraction of sp³-hybridized carbons (Fsp3) is 0.824. The Morgan fingerprint density at radius 3 is 2.20 bits per heavy atom. The van der Waals surface area contributed by atoms with Crippen LogP contribution in [0, 0.1) is 52.2 Å². The normalized spacial score (nSPS) is 51.6. The third-order valence-electron chi connectivity index (χ3n) is 18.6. The Balaban J connectivity index is 0.830. The number of benzene rings is 1. The molecule has 18 heteroatoms. The molecule has 5 saturated heterocycles. The van der Waals surface area contributed by atoms with Gasteiger partial charge in [0.25, 0.3) is 0 Å². The molecule has 17 nitrogen and oxygen atoms in total. The summed E-state index contributed by atoms with van der Waals surface area (Å²) in [6.07, 6.45) is -10.3. The minimum atomic E-state index is -1.75. The van der Waals surface area contributed by atoms with E-state index in [1.807, 2.05) is 0 Å². The predicted molar refractivity (Wildman–Crippen MR) is 238 cm³/mol. The van der Waals surface area contributed by atoms with Crippen LogP contribution >= 0.6 is 0 Å². The summed E-state index contributed by atoms with van der Waals surface area (Å²) in [7, 11) is 0. The van der Waals surface area contributed by atoms with Gasteiger partial charge in [0.15, 0.2) is 24.7 Å². The number of allylic oxidation sites excluding steroid dienone is 1. The molecule has 4 aliphatic carbocycles. The van der Waals surface area contributed by atoms with Gasteiger partial charge >= 0.3 is 5.97 Å². The number of aliphatic hydroxyl groups is 7. The lowest BCUT2D eigenvalue weighted by molar-refractivity contribution is -0.380. The third-order valence-corrected chi connectivity index (χ3v) is 18.6. The lowest BCUT2D eigenvalue weighted by atomic mass is 9.47. The van der Waals surface area contributed by atoms with E-state index in [0.717, 1.165) is 63.7 Å². The third kappa shape index (κ3) is 8.75. The fourth-order valence-electron chi connectivity index (χ4n) is 14.6. The first-order valence-electron chi connectivity index (χ1n) is 25.4. The molecule has 25 atom stereocenters. The Morgan fingerprint density at radius 2 is 1.48 bits per heavy atom. The lowest BCUT2D eigenvalue weighted by Gasteiger charge is -2.58. The number of hydrogen-bond acceptors (Lipinski definition) is 17. The summed E-state index contributed by atoms with van der Waals surface area (Å²) < 4.78 is 69.1. The first-order chi connectivity index (χ1) is 32.8. The number of halogens is 1. The van der Waals surface area contributed by atoms with Crippen molar-refractivity contribution in [1.82, 2.24) is 0 Å². The zero-order chi connectivity index (χ0) is 48.9. The van der Waals surface area contributed by atoms with Crippen LogP contribution in [0.4, 0.5) is 4.39 Å². The van der Waals surface area contributed by atoms with Gasteiger partial charge in [0.05, 0.1) is 37.1 Å². The van der Waals surface area contributed by atoms with Crippen molar-refractivity contribution in [2.45, 2.75) is 196 Å². The maximum atomic E-state index is 13.4. The molecule has 8 fully saturated rings. The van der Waals surface area contributed by atoms with Crippen LogP contribution in [0.25, 0.3) is 0 Å². The Kier molecular flexibility index (Phi) is 14.0. The van der Waals surface area contributed by atoms with Crippen LogP contribution in [0.2, 0.25) is 0 Å². The molecule has 10 rings (SSSR count). The van der Waals surface area contributed by atoms with Crippen molar-refractivity contribution >= 4 is 5.97 Å². The van der Waals surface area contributed by atoms with Gasteiger partial charge in [-0.05, 0) is 123 Å². The number of rotatable bonds is 10. The molecule has 0 amide bonds.